The lowest BCUT2D eigenvalue weighted by atomic mass is 10.1. The normalized spacial score (nSPS) is 35.8. The van der Waals surface area contributed by atoms with Gasteiger partial charge in [0.15, 0.2) is 20.4 Å². The minimum Gasteiger partial charge on any atom is -0.408 e. The van der Waals surface area contributed by atoms with Crippen molar-refractivity contribution in [2.75, 3.05) is 0 Å². The van der Waals surface area contributed by atoms with Crippen LogP contribution in [-0.4, -0.2) is 45.0 Å². The molecule has 0 aromatic rings. The fraction of sp³-hybridized carbons (Fsp3) is 0.933. The van der Waals surface area contributed by atoms with Crippen LogP contribution in [-0.2, 0) is 23.4 Å². The molecule has 5 nitrogen and oxygen atoms in total. The average molecular weight is 316 g/mol. The quantitative estimate of drug-likeness (QED) is 0.589. The minimum atomic E-state index is -1.98. The lowest BCUT2D eigenvalue weighted by Gasteiger charge is -2.40. The fourth-order valence-electron chi connectivity index (χ4n) is 2.49. The summed E-state index contributed by atoms with van der Waals surface area (Å²) < 4.78 is 24.0. The van der Waals surface area contributed by atoms with E-state index in [1.54, 1.807) is 0 Å². The van der Waals surface area contributed by atoms with E-state index in [4.69, 9.17) is 18.6 Å². The topological polar surface area (TPSA) is 54.0 Å². The van der Waals surface area contributed by atoms with Crippen molar-refractivity contribution in [3.05, 3.63) is 0 Å². The maximum atomic E-state index is 10.9. The highest BCUT2D eigenvalue weighted by atomic mass is 28.4. The van der Waals surface area contributed by atoms with Gasteiger partial charge in [-0.1, -0.05) is 20.8 Å². The van der Waals surface area contributed by atoms with E-state index in [1.807, 2.05) is 13.8 Å². The molecule has 6 heteroatoms. The van der Waals surface area contributed by atoms with Crippen molar-refractivity contribution in [2.45, 2.75) is 89.6 Å². The first-order valence-electron chi connectivity index (χ1n) is 7.59. The molecule has 0 unspecified atom stereocenters. The van der Waals surface area contributed by atoms with Crippen molar-refractivity contribution >= 4 is 14.6 Å². The van der Waals surface area contributed by atoms with Crippen molar-refractivity contribution in [1.82, 2.24) is 0 Å². The van der Waals surface area contributed by atoms with Gasteiger partial charge in [-0.25, -0.2) is 0 Å². The Hall–Kier alpha value is -0.273. The first kappa shape index (κ1) is 17.1. The smallest absolute Gasteiger partial charge is 0.192 e. The summed E-state index contributed by atoms with van der Waals surface area (Å²) in [6.45, 7) is 14.7. The summed E-state index contributed by atoms with van der Waals surface area (Å²) in [5, 5.41) is 0.0891. The van der Waals surface area contributed by atoms with Gasteiger partial charge < -0.3 is 23.4 Å². The third-order valence-corrected chi connectivity index (χ3v) is 9.13. The van der Waals surface area contributed by atoms with E-state index < -0.39 is 20.4 Å². The number of ether oxygens (including phenoxy) is 3. The second-order valence-electron chi connectivity index (χ2n) is 7.89. The second-order valence-corrected chi connectivity index (χ2v) is 12.6. The Morgan fingerprint density at radius 3 is 2.38 bits per heavy atom. The Morgan fingerprint density at radius 2 is 1.86 bits per heavy atom. The van der Waals surface area contributed by atoms with Gasteiger partial charge in [-0.3, -0.25) is 0 Å². The Kier molecular flexibility index (Phi) is 4.41. The zero-order chi connectivity index (χ0) is 16.1. The Labute approximate surface area is 128 Å². The molecule has 2 rings (SSSR count). The monoisotopic (exact) mass is 316 g/mol. The van der Waals surface area contributed by atoms with Gasteiger partial charge in [0, 0.05) is 6.42 Å². The standard InChI is InChI=1S/C15H28O5Si/c1-14(2,3)21(6,7)20-11-10(8-9-16)17-13-12(11)18-15(4,5)19-13/h9-13H,8H2,1-7H3/t10-,11-,12-,13-/m1/s1. The molecular weight excluding hydrogens is 288 g/mol. The maximum Gasteiger partial charge on any atom is 0.192 e. The number of rotatable bonds is 4. The first-order chi connectivity index (χ1) is 9.47. The number of fused-ring (bicyclic) bond motifs is 1. The Bertz CT molecular complexity index is 401. The summed E-state index contributed by atoms with van der Waals surface area (Å²) in [7, 11) is -1.98. The van der Waals surface area contributed by atoms with Crippen LogP contribution in [0.3, 0.4) is 0 Å². The Balaban J connectivity index is 2.18. The molecule has 0 bridgehead atoms. The first-order valence-corrected chi connectivity index (χ1v) is 10.5. The molecule has 0 aliphatic carbocycles. The highest BCUT2D eigenvalue weighted by Gasteiger charge is 2.57. The van der Waals surface area contributed by atoms with Gasteiger partial charge in [0.25, 0.3) is 0 Å². The van der Waals surface area contributed by atoms with E-state index in [1.165, 1.54) is 0 Å². The lowest BCUT2D eigenvalue weighted by molar-refractivity contribution is -0.213. The van der Waals surface area contributed by atoms with Crippen LogP contribution in [0, 0.1) is 0 Å². The molecule has 4 atom stereocenters. The molecule has 2 heterocycles. The van der Waals surface area contributed by atoms with E-state index in [9.17, 15) is 4.79 Å². The maximum absolute atomic E-state index is 10.9. The SMILES string of the molecule is CC1(C)O[C@H]2O[C@H](CC=O)[C@@H](O[Si](C)(C)C(C)(C)C)[C@H]2O1. The second kappa shape index (κ2) is 5.42. The van der Waals surface area contributed by atoms with Gasteiger partial charge in [0.05, 0.1) is 6.10 Å². The van der Waals surface area contributed by atoms with E-state index in [2.05, 4.69) is 33.9 Å². The molecule has 21 heavy (non-hydrogen) atoms. The van der Waals surface area contributed by atoms with Crippen molar-refractivity contribution in [2.24, 2.45) is 0 Å². The molecule has 0 aromatic heterocycles. The third-order valence-electron chi connectivity index (χ3n) is 4.65. The Morgan fingerprint density at radius 1 is 1.24 bits per heavy atom. The van der Waals surface area contributed by atoms with Gasteiger partial charge in [-0.2, -0.15) is 0 Å². The lowest BCUT2D eigenvalue weighted by Crippen LogP contribution is -2.49. The summed E-state index contributed by atoms with van der Waals surface area (Å²) in [5.74, 6) is -0.670. The highest BCUT2D eigenvalue weighted by molar-refractivity contribution is 6.74. The van der Waals surface area contributed by atoms with Gasteiger partial charge in [0.1, 0.15) is 18.5 Å². The summed E-state index contributed by atoms with van der Waals surface area (Å²) >= 11 is 0. The van der Waals surface area contributed by atoms with E-state index in [0.717, 1.165) is 6.29 Å². The van der Waals surface area contributed by atoms with Crippen molar-refractivity contribution < 1.29 is 23.4 Å². The van der Waals surface area contributed by atoms with Gasteiger partial charge in [-0.15, -0.1) is 0 Å². The molecule has 0 radical (unpaired) electrons. The number of carbonyl (C=O) groups excluding carboxylic acids is 1. The van der Waals surface area contributed by atoms with Crippen LogP contribution in [0.25, 0.3) is 0 Å². The molecule has 0 amide bonds. The highest BCUT2D eigenvalue weighted by Crippen LogP contribution is 2.44. The van der Waals surface area contributed by atoms with E-state index >= 15 is 0 Å². The van der Waals surface area contributed by atoms with Crippen LogP contribution in [0.5, 0.6) is 0 Å². The third kappa shape index (κ3) is 3.40. The molecule has 2 aliphatic rings. The molecular formula is C15H28O5Si. The number of hydrogen-bond donors (Lipinski definition) is 0. The van der Waals surface area contributed by atoms with E-state index in [0.29, 0.717) is 6.42 Å². The molecule has 2 fully saturated rings. The van der Waals surface area contributed by atoms with Gasteiger partial charge in [0.2, 0.25) is 0 Å². The van der Waals surface area contributed by atoms with Crippen LogP contribution in [0.1, 0.15) is 41.0 Å². The van der Waals surface area contributed by atoms with Crippen LogP contribution in [0.15, 0.2) is 0 Å². The molecule has 0 spiro atoms. The summed E-state index contributed by atoms with van der Waals surface area (Å²) in [4.78, 5) is 10.9. The van der Waals surface area contributed by atoms with Crippen LogP contribution < -0.4 is 0 Å². The minimum absolute atomic E-state index is 0.0891. The molecule has 2 aliphatic heterocycles. The largest absolute Gasteiger partial charge is 0.408 e. The van der Waals surface area contributed by atoms with Crippen molar-refractivity contribution in [3.8, 4) is 0 Å². The number of aldehydes is 1. The molecule has 0 aromatic carbocycles. The molecule has 0 saturated carbocycles. The van der Waals surface area contributed by atoms with Crippen molar-refractivity contribution in [3.63, 3.8) is 0 Å². The number of hydrogen-bond acceptors (Lipinski definition) is 5. The molecule has 2 saturated heterocycles. The summed E-state index contributed by atoms with van der Waals surface area (Å²) in [6, 6.07) is 0. The predicted molar refractivity (Wildman–Crippen MR) is 81.4 cm³/mol. The number of carbonyl (C=O) groups is 1. The average Bonchev–Trinajstić information content (AvgIpc) is 2.72. The fourth-order valence-corrected chi connectivity index (χ4v) is 3.81. The molecule has 0 N–H and O–H groups in total. The van der Waals surface area contributed by atoms with Gasteiger partial charge in [-0.05, 0) is 32.0 Å². The summed E-state index contributed by atoms with van der Waals surface area (Å²) in [6.07, 6.45) is -0.0671. The summed E-state index contributed by atoms with van der Waals surface area (Å²) in [5.41, 5.74) is 0. The van der Waals surface area contributed by atoms with Crippen LogP contribution in [0.2, 0.25) is 18.1 Å². The van der Waals surface area contributed by atoms with Crippen molar-refractivity contribution in [1.29, 1.82) is 0 Å². The zero-order valence-electron chi connectivity index (χ0n) is 14.1. The van der Waals surface area contributed by atoms with Crippen LogP contribution in [0.4, 0.5) is 0 Å². The van der Waals surface area contributed by atoms with E-state index in [-0.39, 0.29) is 23.4 Å². The van der Waals surface area contributed by atoms with Crippen LogP contribution >= 0.6 is 0 Å². The molecule has 122 valence electrons. The van der Waals surface area contributed by atoms with Gasteiger partial charge >= 0.3 is 0 Å². The zero-order valence-corrected chi connectivity index (χ0v) is 15.1. The predicted octanol–water partition coefficient (Wildman–Crippen LogP) is 2.84.